The van der Waals surface area contributed by atoms with Crippen LogP contribution >= 0.6 is 0 Å². The van der Waals surface area contributed by atoms with Crippen LogP contribution in [0.1, 0.15) is 95.1 Å². The molecule has 1 heteroatoms. The van der Waals surface area contributed by atoms with Crippen molar-refractivity contribution >= 4 is 0 Å². The summed E-state index contributed by atoms with van der Waals surface area (Å²) in [4.78, 5) is 0. The third-order valence-electron chi connectivity index (χ3n) is 8.05. The van der Waals surface area contributed by atoms with Gasteiger partial charge in [0, 0.05) is 0 Å². The Balaban J connectivity index is 1.29. The van der Waals surface area contributed by atoms with Crippen molar-refractivity contribution in [1.29, 1.82) is 0 Å². The van der Waals surface area contributed by atoms with Crippen molar-refractivity contribution in [3.8, 4) is 0 Å². The quantitative estimate of drug-likeness (QED) is 0.242. The van der Waals surface area contributed by atoms with Crippen molar-refractivity contribution < 1.29 is 4.74 Å². The molecule has 3 rings (SSSR count). The highest BCUT2D eigenvalue weighted by Gasteiger charge is 2.30. The van der Waals surface area contributed by atoms with E-state index in [0.717, 1.165) is 23.7 Å². The summed E-state index contributed by atoms with van der Waals surface area (Å²) >= 11 is 0. The topological polar surface area (TPSA) is 9.23 Å². The van der Waals surface area contributed by atoms with Crippen molar-refractivity contribution in [2.45, 2.75) is 97.0 Å². The van der Waals surface area contributed by atoms with Gasteiger partial charge in [0.2, 0.25) is 0 Å². The zero-order chi connectivity index (χ0) is 21.7. The number of hydrogen-bond donors (Lipinski definition) is 0. The highest BCUT2D eigenvalue weighted by Crippen LogP contribution is 2.43. The maximum Gasteiger partial charge on any atom is 0.0721 e. The van der Waals surface area contributed by atoms with Gasteiger partial charge in [-0.05, 0) is 93.1 Å². The van der Waals surface area contributed by atoms with Crippen LogP contribution in [0.2, 0.25) is 0 Å². The van der Waals surface area contributed by atoms with Gasteiger partial charge in [-0.25, -0.2) is 0 Å². The molecule has 0 aliphatic heterocycles. The molecule has 0 radical (unpaired) electrons. The lowest BCUT2D eigenvalue weighted by Crippen LogP contribution is -2.26. The van der Waals surface area contributed by atoms with E-state index in [9.17, 15) is 0 Å². The lowest BCUT2D eigenvalue weighted by Gasteiger charge is -2.38. The smallest absolute Gasteiger partial charge is 0.0721 e. The highest BCUT2D eigenvalue weighted by atomic mass is 16.5. The molecule has 31 heavy (non-hydrogen) atoms. The predicted octanol–water partition coefficient (Wildman–Crippen LogP) is 8.68. The number of hydrogen-bond acceptors (Lipinski definition) is 1. The Morgan fingerprint density at radius 1 is 0.839 bits per heavy atom. The summed E-state index contributed by atoms with van der Waals surface area (Å²) < 4.78 is 5.65. The van der Waals surface area contributed by atoms with E-state index in [1.165, 1.54) is 94.6 Å². The molecule has 2 fully saturated rings. The molecule has 2 aliphatic carbocycles. The Kier molecular flexibility index (Phi) is 10.9. The summed E-state index contributed by atoms with van der Waals surface area (Å²) in [6, 6.07) is 9.12. The second kappa shape index (κ2) is 13.9. The maximum absolute atomic E-state index is 5.65. The summed E-state index contributed by atoms with van der Waals surface area (Å²) in [6.45, 7) is 7.32. The summed E-state index contributed by atoms with van der Waals surface area (Å²) in [5, 5.41) is 0. The normalized spacial score (nSPS) is 26.9. The summed E-state index contributed by atoms with van der Waals surface area (Å²) in [6.07, 6.45) is 24.8. The standard InChI is InChI=1S/C30H46O/c1-3-5-7-8-25-15-19-29(20-16-25)30-21-17-27(18-22-30)10-9-26-11-13-28(14-12-26)24-31-23-6-4-2/h3-4,6,11-14,25,27,29-30H,1,5,7-10,15-24H2,2H3/b6-4+/t25-,27?,29-,30?. The number of benzene rings is 1. The number of rotatable bonds is 12. The first-order valence-electron chi connectivity index (χ1n) is 13.2. The lowest BCUT2D eigenvalue weighted by atomic mass is 9.68. The van der Waals surface area contributed by atoms with Crippen LogP contribution in [0, 0.1) is 23.7 Å². The zero-order valence-electron chi connectivity index (χ0n) is 20.1. The molecular weight excluding hydrogens is 376 g/mol. The van der Waals surface area contributed by atoms with E-state index in [4.69, 9.17) is 4.74 Å². The molecule has 0 aromatic heterocycles. The fourth-order valence-corrected chi connectivity index (χ4v) is 5.96. The minimum atomic E-state index is 0.706. The predicted molar refractivity (Wildman–Crippen MR) is 134 cm³/mol. The Morgan fingerprint density at radius 3 is 2.00 bits per heavy atom. The van der Waals surface area contributed by atoms with E-state index in [0.29, 0.717) is 13.2 Å². The van der Waals surface area contributed by atoms with Crippen LogP contribution in [0.15, 0.2) is 49.1 Å². The Morgan fingerprint density at radius 2 is 1.42 bits per heavy atom. The van der Waals surface area contributed by atoms with Gasteiger partial charge in [0.25, 0.3) is 0 Å². The Bertz CT molecular complexity index is 627. The third kappa shape index (κ3) is 8.60. The average molecular weight is 423 g/mol. The molecule has 0 N–H and O–H groups in total. The van der Waals surface area contributed by atoms with Crippen LogP contribution in [0.25, 0.3) is 0 Å². The van der Waals surface area contributed by atoms with Crippen LogP contribution in [-0.4, -0.2) is 6.61 Å². The van der Waals surface area contributed by atoms with Crippen molar-refractivity contribution in [3.05, 3.63) is 60.2 Å². The van der Waals surface area contributed by atoms with E-state index in [1.807, 2.05) is 13.0 Å². The second-order valence-electron chi connectivity index (χ2n) is 10.2. The van der Waals surface area contributed by atoms with Crippen LogP contribution in [-0.2, 0) is 17.8 Å². The minimum absolute atomic E-state index is 0.706. The Labute approximate surface area is 192 Å². The van der Waals surface area contributed by atoms with Gasteiger partial charge in [-0.2, -0.15) is 0 Å². The fraction of sp³-hybridized carbons (Fsp3) is 0.667. The first-order chi connectivity index (χ1) is 15.3. The van der Waals surface area contributed by atoms with Crippen molar-refractivity contribution in [3.63, 3.8) is 0 Å². The van der Waals surface area contributed by atoms with Gasteiger partial charge >= 0.3 is 0 Å². The molecule has 0 spiro atoms. The monoisotopic (exact) mass is 422 g/mol. The summed E-state index contributed by atoms with van der Waals surface area (Å²) in [5.74, 6) is 4.04. The van der Waals surface area contributed by atoms with E-state index in [2.05, 4.69) is 43.0 Å². The molecule has 2 saturated carbocycles. The van der Waals surface area contributed by atoms with Gasteiger partial charge in [0.1, 0.15) is 0 Å². The van der Waals surface area contributed by atoms with Gasteiger partial charge in [0.15, 0.2) is 0 Å². The molecule has 0 amide bonds. The molecule has 0 atom stereocenters. The van der Waals surface area contributed by atoms with Gasteiger partial charge in [-0.15, -0.1) is 6.58 Å². The highest BCUT2D eigenvalue weighted by molar-refractivity contribution is 5.22. The van der Waals surface area contributed by atoms with E-state index < -0.39 is 0 Å². The summed E-state index contributed by atoms with van der Waals surface area (Å²) in [7, 11) is 0. The average Bonchev–Trinajstić information content (AvgIpc) is 2.82. The molecule has 0 bridgehead atoms. The van der Waals surface area contributed by atoms with Gasteiger partial charge in [-0.1, -0.05) is 74.6 Å². The second-order valence-corrected chi connectivity index (χ2v) is 10.2. The van der Waals surface area contributed by atoms with Crippen LogP contribution in [0.5, 0.6) is 0 Å². The first-order valence-corrected chi connectivity index (χ1v) is 13.2. The van der Waals surface area contributed by atoms with Crippen LogP contribution < -0.4 is 0 Å². The van der Waals surface area contributed by atoms with Crippen LogP contribution in [0.4, 0.5) is 0 Å². The fourth-order valence-electron chi connectivity index (χ4n) is 5.96. The minimum Gasteiger partial charge on any atom is -0.373 e. The number of unbranched alkanes of at least 4 members (excludes halogenated alkanes) is 1. The van der Waals surface area contributed by atoms with Gasteiger partial charge < -0.3 is 4.74 Å². The lowest BCUT2D eigenvalue weighted by molar-refractivity contribution is 0.141. The van der Waals surface area contributed by atoms with E-state index in [1.54, 1.807) is 0 Å². The molecule has 0 heterocycles. The van der Waals surface area contributed by atoms with Gasteiger partial charge in [-0.3, -0.25) is 0 Å². The zero-order valence-corrected chi connectivity index (χ0v) is 20.1. The molecule has 1 aromatic rings. The molecule has 0 saturated heterocycles. The Hall–Kier alpha value is -1.34. The molecule has 172 valence electrons. The first kappa shape index (κ1) is 24.3. The van der Waals surface area contributed by atoms with Crippen molar-refractivity contribution in [2.75, 3.05) is 6.61 Å². The third-order valence-corrected chi connectivity index (χ3v) is 8.05. The van der Waals surface area contributed by atoms with Crippen LogP contribution in [0.3, 0.4) is 0 Å². The number of allylic oxidation sites excluding steroid dienone is 2. The molecule has 1 nitrogen and oxygen atoms in total. The van der Waals surface area contributed by atoms with E-state index in [-0.39, 0.29) is 0 Å². The van der Waals surface area contributed by atoms with Crippen molar-refractivity contribution in [1.82, 2.24) is 0 Å². The number of aryl methyl sites for hydroxylation is 1. The largest absolute Gasteiger partial charge is 0.373 e. The number of ether oxygens (including phenoxy) is 1. The summed E-state index contributed by atoms with van der Waals surface area (Å²) in [5.41, 5.74) is 2.78. The molecule has 2 aliphatic rings. The van der Waals surface area contributed by atoms with E-state index >= 15 is 0 Å². The van der Waals surface area contributed by atoms with Gasteiger partial charge in [0.05, 0.1) is 13.2 Å². The SMILES string of the molecule is C=CCCC[C@H]1CC[C@H](C2CCC(CCc3ccc(COC/C=C/C)cc3)CC2)CC1. The molecule has 1 aromatic carbocycles. The maximum atomic E-state index is 5.65. The molecule has 0 unspecified atom stereocenters. The van der Waals surface area contributed by atoms with Crippen molar-refractivity contribution in [2.24, 2.45) is 23.7 Å². The molecular formula is C30H46O.